The van der Waals surface area contributed by atoms with Crippen molar-refractivity contribution in [1.82, 2.24) is 14.8 Å². The van der Waals surface area contributed by atoms with Gasteiger partial charge in [-0.3, -0.25) is 9.59 Å². The lowest BCUT2D eigenvalue weighted by Crippen LogP contribution is -2.64. The van der Waals surface area contributed by atoms with Crippen molar-refractivity contribution < 1.29 is 14.3 Å². The Morgan fingerprint density at radius 3 is 2.27 bits per heavy atom. The maximum absolute atomic E-state index is 14.8. The number of methoxy groups -OCH3 is 1. The van der Waals surface area contributed by atoms with E-state index < -0.39 is 5.54 Å². The first-order chi connectivity index (χ1) is 19.6. The van der Waals surface area contributed by atoms with Gasteiger partial charge in [-0.15, -0.1) is 0 Å². The van der Waals surface area contributed by atoms with Crippen LogP contribution in [0, 0.1) is 0 Å². The predicted octanol–water partition coefficient (Wildman–Crippen LogP) is 6.43. The first-order valence-corrected chi connectivity index (χ1v) is 14.5. The smallest absolute Gasteiger partial charge is 0.272 e. The number of amides is 2. The predicted molar refractivity (Wildman–Crippen MR) is 157 cm³/mol. The molecule has 1 aliphatic heterocycles. The number of hydrogen-bond donors (Lipinski definition) is 1. The van der Waals surface area contributed by atoms with Gasteiger partial charge in [0.1, 0.15) is 11.4 Å². The fraction of sp³-hybridized carbons (Fsp3) is 0.353. The number of benzene rings is 3. The molecule has 2 heterocycles. The Bertz CT molecular complexity index is 1490. The second kappa shape index (κ2) is 11.2. The molecule has 40 heavy (non-hydrogen) atoms. The zero-order valence-electron chi connectivity index (χ0n) is 23.1. The number of fused-ring (bicyclic) bond motifs is 3. The summed E-state index contributed by atoms with van der Waals surface area (Å²) in [6, 6.07) is 27.7. The van der Waals surface area contributed by atoms with Crippen molar-refractivity contribution >= 4 is 22.7 Å². The van der Waals surface area contributed by atoms with Gasteiger partial charge in [-0.05, 0) is 42.2 Å². The van der Waals surface area contributed by atoms with Gasteiger partial charge in [0.05, 0.1) is 19.2 Å². The van der Waals surface area contributed by atoms with E-state index >= 15 is 0 Å². The van der Waals surface area contributed by atoms with Gasteiger partial charge in [0, 0.05) is 24.0 Å². The lowest BCUT2D eigenvalue weighted by Gasteiger charge is -2.47. The molecule has 0 spiro atoms. The minimum atomic E-state index is -1.22. The van der Waals surface area contributed by atoms with Crippen molar-refractivity contribution in [1.29, 1.82) is 0 Å². The Balaban J connectivity index is 1.52. The van der Waals surface area contributed by atoms with Crippen LogP contribution in [-0.2, 0) is 23.4 Å². The van der Waals surface area contributed by atoms with Crippen molar-refractivity contribution in [2.45, 2.75) is 69.6 Å². The highest BCUT2D eigenvalue weighted by Crippen LogP contribution is 2.41. The molecule has 0 bridgehead atoms. The molecule has 2 aliphatic rings. The molecule has 3 aromatic carbocycles. The molecule has 2 amide bonds. The SMILES string of the molecule is COc1ccc2cc3n(c2c1)C[C@](C(=O)NC1CCCCCCC1)(c1ccccc1)N(Cc1ccccc1)C3=O. The Morgan fingerprint density at radius 2 is 1.57 bits per heavy atom. The summed E-state index contributed by atoms with van der Waals surface area (Å²) >= 11 is 0. The maximum Gasteiger partial charge on any atom is 0.272 e. The average Bonchev–Trinajstić information content (AvgIpc) is 3.34. The fourth-order valence-corrected chi connectivity index (χ4v) is 6.50. The lowest BCUT2D eigenvalue weighted by atomic mass is 9.83. The van der Waals surface area contributed by atoms with E-state index in [1.54, 1.807) is 12.0 Å². The third kappa shape index (κ3) is 4.76. The van der Waals surface area contributed by atoms with Gasteiger partial charge in [-0.1, -0.05) is 92.8 Å². The van der Waals surface area contributed by atoms with Gasteiger partial charge in [-0.2, -0.15) is 0 Å². The van der Waals surface area contributed by atoms with E-state index in [0.29, 0.717) is 18.8 Å². The first kappa shape index (κ1) is 26.2. The second-order valence-electron chi connectivity index (χ2n) is 11.2. The number of nitrogens with zero attached hydrogens (tertiary/aromatic N) is 2. The van der Waals surface area contributed by atoms with E-state index in [1.807, 2.05) is 89.5 Å². The van der Waals surface area contributed by atoms with Crippen LogP contribution in [0.1, 0.15) is 66.6 Å². The molecule has 6 nitrogen and oxygen atoms in total. The topological polar surface area (TPSA) is 63.6 Å². The number of carbonyl (C=O) groups is 2. The highest BCUT2D eigenvalue weighted by atomic mass is 16.5. The normalized spacial score (nSPS) is 20.0. The van der Waals surface area contributed by atoms with Gasteiger partial charge in [0.15, 0.2) is 5.54 Å². The zero-order chi connectivity index (χ0) is 27.5. The van der Waals surface area contributed by atoms with Crippen molar-refractivity contribution in [3.8, 4) is 5.75 Å². The monoisotopic (exact) mass is 535 g/mol. The number of carbonyl (C=O) groups excluding carboxylic acids is 2. The Labute approximate surface area is 235 Å². The lowest BCUT2D eigenvalue weighted by molar-refractivity contribution is -0.136. The van der Waals surface area contributed by atoms with E-state index in [-0.39, 0.29) is 17.9 Å². The third-order valence-electron chi connectivity index (χ3n) is 8.67. The minimum Gasteiger partial charge on any atom is -0.497 e. The van der Waals surface area contributed by atoms with E-state index in [2.05, 4.69) is 5.32 Å². The molecule has 6 heteroatoms. The summed E-state index contributed by atoms with van der Waals surface area (Å²) in [6.07, 6.45) is 7.84. The van der Waals surface area contributed by atoms with Crippen LogP contribution in [0.4, 0.5) is 0 Å². The minimum absolute atomic E-state index is 0.102. The van der Waals surface area contributed by atoms with Gasteiger partial charge < -0.3 is 19.5 Å². The fourth-order valence-electron chi connectivity index (χ4n) is 6.50. The zero-order valence-corrected chi connectivity index (χ0v) is 23.1. The van der Waals surface area contributed by atoms with Crippen LogP contribution in [0.15, 0.2) is 84.9 Å². The van der Waals surface area contributed by atoms with E-state index in [9.17, 15) is 9.59 Å². The number of ether oxygens (including phenoxy) is 1. The molecule has 0 saturated heterocycles. The molecule has 0 radical (unpaired) electrons. The molecule has 1 aromatic heterocycles. The van der Waals surface area contributed by atoms with Gasteiger partial charge in [0.2, 0.25) is 0 Å². The van der Waals surface area contributed by atoms with Crippen molar-refractivity contribution in [2.24, 2.45) is 0 Å². The van der Waals surface area contributed by atoms with E-state index in [1.165, 1.54) is 19.3 Å². The van der Waals surface area contributed by atoms with Gasteiger partial charge >= 0.3 is 0 Å². The van der Waals surface area contributed by atoms with Crippen molar-refractivity contribution in [2.75, 3.05) is 7.11 Å². The number of nitrogens with one attached hydrogen (secondary N) is 1. The second-order valence-corrected chi connectivity index (χ2v) is 11.2. The molecule has 1 N–H and O–H groups in total. The van der Waals surface area contributed by atoms with E-state index in [0.717, 1.165) is 53.5 Å². The molecular weight excluding hydrogens is 498 g/mol. The molecule has 6 rings (SSSR count). The standard InChI is InChI=1S/C34H37N3O3/c1-40-29-20-19-26-21-31-32(38)37(23-25-13-7-5-8-14-25)34(24-36(31)30(26)22-29,27-15-9-6-10-16-27)33(39)35-28-17-11-3-2-4-12-18-28/h5-10,13-16,19-22,28H,2-4,11-12,17-18,23-24H2,1H3,(H,35,39)/t34-/m1/s1. The molecule has 1 aliphatic carbocycles. The van der Waals surface area contributed by atoms with Crippen molar-refractivity contribution in [3.63, 3.8) is 0 Å². The molecule has 1 fully saturated rings. The molecule has 1 saturated carbocycles. The Morgan fingerprint density at radius 1 is 0.900 bits per heavy atom. The van der Waals surface area contributed by atoms with Crippen LogP contribution in [0.5, 0.6) is 5.75 Å². The summed E-state index contributed by atoms with van der Waals surface area (Å²) in [5.74, 6) is 0.461. The highest BCUT2D eigenvalue weighted by Gasteiger charge is 2.52. The third-order valence-corrected chi connectivity index (χ3v) is 8.67. The Hall–Kier alpha value is -4.06. The molecular formula is C34H37N3O3. The maximum atomic E-state index is 14.8. The first-order valence-electron chi connectivity index (χ1n) is 14.5. The van der Waals surface area contributed by atoms with Crippen LogP contribution >= 0.6 is 0 Å². The van der Waals surface area contributed by atoms with Gasteiger partial charge in [0.25, 0.3) is 11.8 Å². The molecule has 4 aromatic rings. The summed E-state index contributed by atoms with van der Waals surface area (Å²) in [5.41, 5.74) is 2.06. The summed E-state index contributed by atoms with van der Waals surface area (Å²) in [4.78, 5) is 31.1. The van der Waals surface area contributed by atoms with Gasteiger partial charge in [-0.25, -0.2) is 0 Å². The van der Waals surface area contributed by atoms with Crippen molar-refractivity contribution in [3.05, 3.63) is 102 Å². The highest BCUT2D eigenvalue weighted by molar-refractivity contribution is 6.04. The largest absolute Gasteiger partial charge is 0.497 e. The van der Waals surface area contributed by atoms with Crippen LogP contribution in [0.25, 0.3) is 10.9 Å². The number of aromatic nitrogens is 1. The van der Waals surface area contributed by atoms with Crippen LogP contribution < -0.4 is 10.1 Å². The average molecular weight is 536 g/mol. The summed E-state index contributed by atoms with van der Waals surface area (Å²) in [6.45, 7) is 0.650. The Kier molecular flexibility index (Phi) is 7.33. The number of hydrogen-bond acceptors (Lipinski definition) is 3. The van der Waals surface area contributed by atoms with Crippen LogP contribution in [0.2, 0.25) is 0 Å². The molecule has 1 atom stereocenters. The number of rotatable bonds is 6. The molecule has 206 valence electrons. The molecule has 0 unspecified atom stereocenters. The summed E-state index contributed by atoms with van der Waals surface area (Å²) < 4.78 is 7.55. The van der Waals surface area contributed by atoms with E-state index in [4.69, 9.17) is 4.74 Å². The quantitative estimate of drug-likeness (QED) is 0.309. The van der Waals surface area contributed by atoms with Crippen LogP contribution in [-0.4, -0.2) is 34.4 Å². The summed E-state index contributed by atoms with van der Waals surface area (Å²) in [7, 11) is 1.64. The summed E-state index contributed by atoms with van der Waals surface area (Å²) in [5, 5.41) is 4.41. The van der Waals surface area contributed by atoms with Crippen LogP contribution in [0.3, 0.4) is 0 Å².